The number of carboxylic acids is 1. The molecule has 192 valence electrons. The number of hydrogen-bond donors (Lipinski definition) is 2. The van der Waals surface area contributed by atoms with Gasteiger partial charge in [0.2, 0.25) is 0 Å². The van der Waals surface area contributed by atoms with Crippen LogP contribution in [0.3, 0.4) is 0 Å². The van der Waals surface area contributed by atoms with Crippen molar-refractivity contribution < 1.29 is 28.6 Å². The van der Waals surface area contributed by atoms with Gasteiger partial charge in [0, 0.05) is 25.3 Å². The molecule has 1 aliphatic rings. The van der Waals surface area contributed by atoms with Crippen LogP contribution < -0.4 is 10.1 Å². The molecular weight excluding hydrogens is 448 g/mol. The summed E-state index contributed by atoms with van der Waals surface area (Å²) in [6.45, 7) is 6.52. The number of esters is 1. The predicted molar refractivity (Wildman–Crippen MR) is 132 cm³/mol. The minimum atomic E-state index is -0.847. The highest BCUT2D eigenvalue weighted by Gasteiger charge is 2.22. The van der Waals surface area contributed by atoms with Crippen LogP contribution in [0.1, 0.15) is 86.8 Å². The molecule has 3 rings (SSSR count). The van der Waals surface area contributed by atoms with Gasteiger partial charge in [0.05, 0.1) is 24.9 Å². The first-order valence-electron chi connectivity index (χ1n) is 12.6. The summed E-state index contributed by atoms with van der Waals surface area (Å²) in [5.74, 6) is 1.68. The number of carbonyl (C=O) groups is 2. The fourth-order valence-electron chi connectivity index (χ4n) is 4.42. The molecule has 2 aromatic rings. The lowest BCUT2D eigenvalue weighted by Crippen LogP contribution is -2.26. The van der Waals surface area contributed by atoms with Gasteiger partial charge in [-0.05, 0) is 63.3 Å². The van der Waals surface area contributed by atoms with E-state index in [0.717, 1.165) is 41.3 Å². The zero-order valence-electron chi connectivity index (χ0n) is 21.1. The molecule has 0 amide bonds. The maximum absolute atomic E-state index is 11.8. The highest BCUT2D eigenvalue weighted by molar-refractivity contribution is 5.71. The molecule has 0 radical (unpaired) electrons. The number of aromatic nitrogens is 1. The van der Waals surface area contributed by atoms with Gasteiger partial charge in [-0.2, -0.15) is 0 Å². The second kappa shape index (κ2) is 13.3. The van der Waals surface area contributed by atoms with Crippen LogP contribution in [-0.4, -0.2) is 41.3 Å². The van der Waals surface area contributed by atoms with Gasteiger partial charge in [-0.25, -0.2) is 4.98 Å². The zero-order valence-corrected chi connectivity index (χ0v) is 21.1. The van der Waals surface area contributed by atoms with Crippen molar-refractivity contribution in [3.05, 3.63) is 46.7 Å². The van der Waals surface area contributed by atoms with E-state index in [1.165, 1.54) is 19.3 Å². The molecule has 8 heteroatoms. The zero-order chi connectivity index (χ0) is 25.2. The normalized spacial score (nSPS) is 14.3. The lowest BCUT2D eigenvalue weighted by Gasteiger charge is -2.17. The molecule has 1 aliphatic carbocycles. The molecule has 1 aromatic carbocycles. The van der Waals surface area contributed by atoms with Crippen LogP contribution in [0.25, 0.3) is 0 Å². The van der Waals surface area contributed by atoms with Gasteiger partial charge in [-0.15, -0.1) is 0 Å². The SMILES string of the molecule is Cc1oc(C2CCCCC2)nc1CCOc1ccc(CCC(=O)O)c(CNCC(=O)OC(C)C)c1. The molecule has 0 atom stereocenters. The fourth-order valence-corrected chi connectivity index (χ4v) is 4.42. The molecule has 1 saturated carbocycles. The summed E-state index contributed by atoms with van der Waals surface area (Å²) < 4.78 is 17.1. The predicted octanol–water partition coefficient (Wildman–Crippen LogP) is 4.71. The highest BCUT2D eigenvalue weighted by atomic mass is 16.5. The lowest BCUT2D eigenvalue weighted by molar-refractivity contribution is -0.146. The largest absolute Gasteiger partial charge is 0.493 e. The maximum atomic E-state index is 11.8. The Balaban J connectivity index is 1.58. The number of aliphatic carboxylic acids is 1. The van der Waals surface area contributed by atoms with Crippen molar-refractivity contribution in [3.63, 3.8) is 0 Å². The molecule has 2 N–H and O–H groups in total. The molecule has 1 heterocycles. The molecule has 0 aliphatic heterocycles. The number of rotatable bonds is 13. The average molecular weight is 487 g/mol. The topological polar surface area (TPSA) is 111 Å². The van der Waals surface area contributed by atoms with E-state index in [1.54, 1.807) is 13.8 Å². The number of carboxylic acid groups (broad SMARTS) is 1. The minimum absolute atomic E-state index is 0.0390. The standard InChI is InChI=1S/C27H38N2O6/c1-18(2)34-26(32)17-28-16-22-15-23(11-9-20(22)10-12-25(30)31)33-14-13-24-19(3)35-27(29-24)21-7-5-4-6-8-21/h9,11,15,18,21,28H,4-8,10,12-14,16-17H2,1-3H3,(H,30,31). The van der Waals surface area contributed by atoms with Gasteiger partial charge in [-0.3, -0.25) is 9.59 Å². The molecule has 8 nitrogen and oxygen atoms in total. The van der Waals surface area contributed by atoms with Crippen molar-refractivity contribution in [2.45, 2.75) is 90.7 Å². The summed E-state index contributed by atoms with van der Waals surface area (Å²) in [6.07, 6.45) is 7.00. The summed E-state index contributed by atoms with van der Waals surface area (Å²) in [5, 5.41) is 12.2. The number of ether oxygens (including phenoxy) is 2. The maximum Gasteiger partial charge on any atom is 0.320 e. The number of hydrogen-bond acceptors (Lipinski definition) is 7. The van der Waals surface area contributed by atoms with Gasteiger partial charge in [-0.1, -0.05) is 25.3 Å². The van der Waals surface area contributed by atoms with Crippen LogP contribution in [-0.2, 0) is 33.7 Å². The monoisotopic (exact) mass is 486 g/mol. The Hall–Kier alpha value is -2.87. The van der Waals surface area contributed by atoms with Crippen molar-refractivity contribution in [1.29, 1.82) is 0 Å². The summed E-state index contributed by atoms with van der Waals surface area (Å²) in [6, 6.07) is 5.65. The van der Waals surface area contributed by atoms with Gasteiger partial charge < -0.3 is 24.3 Å². The van der Waals surface area contributed by atoms with Crippen LogP contribution in [0, 0.1) is 6.92 Å². The molecule has 1 aromatic heterocycles. The molecule has 1 fully saturated rings. The number of oxazole rings is 1. The molecular formula is C27H38N2O6. The van der Waals surface area contributed by atoms with Crippen LogP contribution in [0.5, 0.6) is 5.75 Å². The first-order chi connectivity index (χ1) is 16.8. The number of nitrogens with zero attached hydrogens (tertiary/aromatic N) is 1. The van der Waals surface area contributed by atoms with Crippen molar-refractivity contribution in [2.24, 2.45) is 0 Å². The second-order valence-electron chi connectivity index (χ2n) is 9.45. The third-order valence-electron chi connectivity index (χ3n) is 6.21. The van der Waals surface area contributed by atoms with Gasteiger partial charge in [0.25, 0.3) is 0 Å². The third-order valence-corrected chi connectivity index (χ3v) is 6.21. The van der Waals surface area contributed by atoms with E-state index in [2.05, 4.69) is 5.32 Å². The van der Waals surface area contributed by atoms with Gasteiger partial charge >= 0.3 is 11.9 Å². The van der Waals surface area contributed by atoms with E-state index in [4.69, 9.17) is 24.0 Å². The molecule has 0 saturated heterocycles. The molecule has 35 heavy (non-hydrogen) atoms. The van der Waals surface area contributed by atoms with E-state index in [1.807, 2.05) is 25.1 Å². The Morgan fingerprint density at radius 2 is 1.94 bits per heavy atom. The van der Waals surface area contributed by atoms with Crippen LogP contribution in [0.4, 0.5) is 0 Å². The highest BCUT2D eigenvalue weighted by Crippen LogP contribution is 2.33. The van der Waals surface area contributed by atoms with Crippen LogP contribution in [0.2, 0.25) is 0 Å². The van der Waals surface area contributed by atoms with E-state index < -0.39 is 5.97 Å². The second-order valence-corrected chi connectivity index (χ2v) is 9.45. The average Bonchev–Trinajstić information content (AvgIpc) is 3.19. The number of carbonyl (C=O) groups excluding carboxylic acids is 1. The molecule has 0 bridgehead atoms. The quantitative estimate of drug-likeness (QED) is 0.392. The summed E-state index contributed by atoms with van der Waals surface area (Å²) in [5.41, 5.74) is 2.75. The van der Waals surface area contributed by atoms with Gasteiger partial charge in [0.15, 0.2) is 5.89 Å². The minimum Gasteiger partial charge on any atom is -0.493 e. The van der Waals surface area contributed by atoms with Crippen LogP contribution >= 0.6 is 0 Å². The van der Waals surface area contributed by atoms with Crippen molar-refractivity contribution in [2.75, 3.05) is 13.2 Å². The lowest BCUT2D eigenvalue weighted by atomic mass is 9.89. The Labute approximate surface area is 207 Å². The van der Waals surface area contributed by atoms with E-state index in [9.17, 15) is 9.59 Å². The first-order valence-corrected chi connectivity index (χ1v) is 12.6. The Morgan fingerprint density at radius 1 is 1.17 bits per heavy atom. The molecule has 0 spiro atoms. The summed E-state index contributed by atoms with van der Waals surface area (Å²) >= 11 is 0. The summed E-state index contributed by atoms with van der Waals surface area (Å²) in [7, 11) is 0. The van der Waals surface area contributed by atoms with Gasteiger partial charge in [0.1, 0.15) is 11.5 Å². The number of nitrogens with one attached hydrogen (secondary N) is 1. The van der Waals surface area contributed by atoms with Crippen molar-refractivity contribution in [3.8, 4) is 5.75 Å². The number of benzene rings is 1. The smallest absolute Gasteiger partial charge is 0.320 e. The van der Waals surface area contributed by atoms with E-state index >= 15 is 0 Å². The van der Waals surface area contributed by atoms with Crippen molar-refractivity contribution >= 4 is 11.9 Å². The van der Waals surface area contributed by atoms with Crippen molar-refractivity contribution in [1.82, 2.24) is 10.3 Å². The summed E-state index contributed by atoms with van der Waals surface area (Å²) in [4.78, 5) is 27.6. The fraction of sp³-hybridized carbons (Fsp3) is 0.593. The number of aryl methyl sites for hydroxylation is 2. The molecule has 0 unspecified atom stereocenters. The Bertz CT molecular complexity index is 978. The Morgan fingerprint density at radius 3 is 2.66 bits per heavy atom. The van der Waals surface area contributed by atoms with Crippen LogP contribution in [0.15, 0.2) is 22.6 Å². The van der Waals surface area contributed by atoms with E-state index in [0.29, 0.717) is 37.7 Å². The third kappa shape index (κ3) is 8.69. The first kappa shape index (κ1) is 26.7. The van der Waals surface area contributed by atoms with E-state index in [-0.39, 0.29) is 25.0 Å². The Kier molecular flexibility index (Phi) is 10.1.